The van der Waals surface area contributed by atoms with Gasteiger partial charge in [-0.05, 0) is 23.6 Å². The molecule has 0 saturated heterocycles. The zero-order chi connectivity index (χ0) is 10.7. The predicted octanol–water partition coefficient (Wildman–Crippen LogP) is 3.56. The van der Waals surface area contributed by atoms with Gasteiger partial charge in [-0.3, -0.25) is 0 Å². The monoisotopic (exact) mass is 231 g/mol. The quantitative estimate of drug-likeness (QED) is 0.844. The van der Waals surface area contributed by atoms with E-state index in [9.17, 15) is 5.11 Å². The molecule has 1 unspecified atom stereocenters. The Kier molecular flexibility index (Phi) is 4.24. The molecule has 0 fully saturated rings. The molecule has 0 amide bonds. The second-order valence-corrected chi connectivity index (χ2v) is 4.41. The van der Waals surface area contributed by atoms with Crippen LogP contribution in [0.2, 0.25) is 10.0 Å². The van der Waals surface area contributed by atoms with Crippen LogP contribution in [0.4, 0.5) is 0 Å². The van der Waals surface area contributed by atoms with E-state index in [0.717, 1.165) is 5.56 Å². The summed E-state index contributed by atoms with van der Waals surface area (Å²) in [6, 6.07) is 5.23. The van der Waals surface area contributed by atoms with Crippen LogP contribution in [0.5, 0.6) is 0 Å². The molecule has 0 heterocycles. The number of aliphatic hydroxyl groups is 1. The van der Waals surface area contributed by atoms with Gasteiger partial charge in [0.05, 0.1) is 6.10 Å². The SMILES string of the molecule is CC(C)C(O)[CH]c1ccc(Cl)cc1Cl. The maximum absolute atomic E-state index is 9.63. The van der Waals surface area contributed by atoms with Crippen molar-refractivity contribution < 1.29 is 5.11 Å². The van der Waals surface area contributed by atoms with E-state index < -0.39 is 6.10 Å². The summed E-state index contributed by atoms with van der Waals surface area (Å²) in [5, 5.41) is 10.8. The van der Waals surface area contributed by atoms with Crippen LogP contribution in [0.1, 0.15) is 19.4 Å². The Morgan fingerprint density at radius 2 is 1.93 bits per heavy atom. The van der Waals surface area contributed by atoms with Gasteiger partial charge in [0.15, 0.2) is 0 Å². The van der Waals surface area contributed by atoms with Crippen molar-refractivity contribution in [3.63, 3.8) is 0 Å². The van der Waals surface area contributed by atoms with Gasteiger partial charge in [0.1, 0.15) is 0 Å². The van der Waals surface area contributed by atoms with E-state index in [-0.39, 0.29) is 5.92 Å². The fraction of sp³-hybridized carbons (Fsp3) is 0.364. The van der Waals surface area contributed by atoms with Gasteiger partial charge < -0.3 is 5.11 Å². The zero-order valence-electron chi connectivity index (χ0n) is 8.17. The summed E-state index contributed by atoms with van der Waals surface area (Å²) in [7, 11) is 0. The summed E-state index contributed by atoms with van der Waals surface area (Å²) in [5.74, 6) is 0.182. The zero-order valence-corrected chi connectivity index (χ0v) is 9.68. The molecule has 0 saturated carbocycles. The number of benzene rings is 1. The van der Waals surface area contributed by atoms with E-state index in [1.165, 1.54) is 0 Å². The van der Waals surface area contributed by atoms with Gasteiger partial charge >= 0.3 is 0 Å². The van der Waals surface area contributed by atoms with Gasteiger partial charge in [-0.25, -0.2) is 0 Å². The molecular formula is C11H13Cl2O. The van der Waals surface area contributed by atoms with Crippen LogP contribution in [0.3, 0.4) is 0 Å². The topological polar surface area (TPSA) is 20.2 Å². The maximum atomic E-state index is 9.63. The van der Waals surface area contributed by atoms with Gasteiger partial charge in [0, 0.05) is 16.5 Å². The van der Waals surface area contributed by atoms with Crippen molar-refractivity contribution in [1.82, 2.24) is 0 Å². The van der Waals surface area contributed by atoms with Crippen LogP contribution in [0.15, 0.2) is 18.2 Å². The standard InChI is InChI=1S/C11H13Cl2O/c1-7(2)11(14)5-8-3-4-9(12)6-10(8)13/h3-7,11,14H,1-2H3. The van der Waals surface area contributed by atoms with Crippen LogP contribution in [0.25, 0.3) is 0 Å². The van der Waals surface area contributed by atoms with Crippen molar-refractivity contribution in [3.8, 4) is 0 Å². The van der Waals surface area contributed by atoms with E-state index in [1.54, 1.807) is 24.6 Å². The van der Waals surface area contributed by atoms with E-state index in [4.69, 9.17) is 23.2 Å². The predicted molar refractivity (Wildman–Crippen MR) is 60.7 cm³/mol. The molecule has 0 bridgehead atoms. The summed E-state index contributed by atoms with van der Waals surface area (Å²) in [6.07, 6.45) is 1.26. The molecule has 0 aromatic heterocycles. The molecule has 1 aromatic rings. The van der Waals surface area contributed by atoms with E-state index in [0.29, 0.717) is 10.0 Å². The summed E-state index contributed by atoms with van der Waals surface area (Å²) in [5.41, 5.74) is 0.817. The summed E-state index contributed by atoms with van der Waals surface area (Å²) in [4.78, 5) is 0. The first kappa shape index (κ1) is 11.8. The minimum atomic E-state index is -0.478. The van der Waals surface area contributed by atoms with Crippen molar-refractivity contribution >= 4 is 23.2 Å². The lowest BCUT2D eigenvalue weighted by Gasteiger charge is -2.14. The van der Waals surface area contributed by atoms with Crippen LogP contribution < -0.4 is 0 Å². The summed E-state index contributed by atoms with van der Waals surface area (Å²) < 4.78 is 0. The molecule has 1 aromatic carbocycles. The molecule has 1 N–H and O–H groups in total. The largest absolute Gasteiger partial charge is 0.392 e. The van der Waals surface area contributed by atoms with E-state index in [2.05, 4.69) is 0 Å². The Hall–Kier alpha value is -0.240. The summed E-state index contributed by atoms with van der Waals surface area (Å²) >= 11 is 11.7. The first-order chi connectivity index (χ1) is 6.50. The number of hydrogen-bond donors (Lipinski definition) is 1. The average Bonchev–Trinajstić information content (AvgIpc) is 2.09. The highest BCUT2D eigenvalue weighted by atomic mass is 35.5. The van der Waals surface area contributed by atoms with E-state index in [1.807, 2.05) is 13.8 Å². The van der Waals surface area contributed by atoms with Gasteiger partial charge in [-0.1, -0.05) is 43.1 Å². The third kappa shape index (κ3) is 3.16. The van der Waals surface area contributed by atoms with Gasteiger partial charge in [0.25, 0.3) is 0 Å². The third-order valence-corrected chi connectivity index (χ3v) is 2.56. The molecule has 1 nitrogen and oxygen atoms in total. The lowest BCUT2D eigenvalue weighted by Crippen LogP contribution is -2.15. The van der Waals surface area contributed by atoms with Crippen molar-refractivity contribution in [2.45, 2.75) is 20.0 Å². The molecule has 0 aliphatic heterocycles. The van der Waals surface area contributed by atoms with Crippen LogP contribution in [-0.4, -0.2) is 11.2 Å². The fourth-order valence-electron chi connectivity index (χ4n) is 1.01. The fourth-order valence-corrected chi connectivity index (χ4v) is 1.48. The highest BCUT2D eigenvalue weighted by Gasteiger charge is 2.12. The Morgan fingerprint density at radius 3 is 2.43 bits per heavy atom. The Bertz CT molecular complexity index is 310. The molecule has 0 aliphatic carbocycles. The van der Waals surface area contributed by atoms with Crippen LogP contribution >= 0.6 is 23.2 Å². The molecule has 77 valence electrons. The normalized spacial score (nSPS) is 13.3. The maximum Gasteiger partial charge on any atom is 0.0639 e. The minimum Gasteiger partial charge on any atom is -0.392 e. The lowest BCUT2D eigenvalue weighted by atomic mass is 9.99. The van der Waals surface area contributed by atoms with Gasteiger partial charge in [0.2, 0.25) is 0 Å². The van der Waals surface area contributed by atoms with Crippen LogP contribution in [-0.2, 0) is 0 Å². The van der Waals surface area contributed by atoms with Crippen molar-refractivity contribution in [1.29, 1.82) is 0 Å². The van der Waals surface area contributed by atoms with E-state index >= 15 is 0 Å². The number of aliphatic hydroxyl groups excluding tert-OH is 1. The average molecular weight is 232 g/mol. The Labute approximate surface area is 94.7 Å². The lowest BCUT2D eigenvalue weighted by molar-refractivity contribution is 0.159. The van der Waals surface area contributed by atoms with Crippen molar-refractivity contribution in [2.24, 2.45) is 5.92 Å². The van der Waals surface area contributed by atoms with Crippen molar-refractivity contribution in [2.75, 3.05) is 0 Å². The number of hydrogen-bond acceptors (Lipinski definition) is 1. The van der Waals surface area contributed by atoms with Crippen LogP contribution in [0, 0.1) is 12.3 Å². The Morgan fingerprint density at radius 1 is 1.29 bits per heavy atom. The molecule has 1 rings (SSSR count). The third-order valence-electron chi connectivity index (χ3n) is 2.00. The molecule has 1 atom stereocenters. The second-order valence-electron chi connectivity index (χ2n) is 3.57. The second kappa shape index (κ2) is 5.01. The molecule has 1 radical (unpaired) electrons. The highest BCUT2D eigenvalue weighted by Crippen LogP contribution is 2.24. The smallest absolute Gasteiger partial charge is 0.0639 e. The van der Waals surface area contributed by atoms with Gasteiger partial charge in [-0.15, -0.1) is 0 Å². The summed E-state index contributed by atoms with van der Waals surface area (Å²) in [6.45, 7) is 3.90. The molecule has 14 heavy (non-hydrogen) atoms. The Balaban J connectivity index is 2.77. The molecule has 0 aliphatic rings. The van der Waals surface area contributed by atoms with Crippen molar-refractivity contribution in [3.05, 3.63) is 40.2 Å². The molecular weight excluding hydrogens is 219 g/mol. The molecule has 0 spiro atoms. The molecule has 3 heteroatoms. The minimum absolute atomic E-state index is 0.182. The highest BCUT2D eigenvalue weighted by molar-refractivity contribution is 6.35. The first-order valence-electron chi connectivity index (χ1n) is 4.48. The van der Waals surface area contributed by atoms with Gasteiger partial charge in [-0.2, -0.15) is 0 Å². The number of halogens is 2. The first-order valence-corrected chi connectivity index (χ1v) is 5.24. The number of rotatable bonds is 3.